The summed E-state index contributed by atoms with van der Waals surface area (Å²) in [6, 6.07) is 5.05. The van der Waals surface area contributed by atoms with Gasteiger partial charge in [-0.15, -0.1) is 10.2 Å². The molecular weight excluding hydrogens is 296 g/mol. The van der Waals surface area contributed by atoms with Gasteiger partial charge >= 0.3 is 0 Å². The Labute approximate surface area is 121 Å². The zero-order valence-electron chi connectivity index (χ0n) is 11.1. The molecule has 0 amide bonds. The summed E-state index contributed by atoms with van der Waals surface area (Å²) in [4.78, 5) is 4.06. The minimum Gasteiger partial charge on any atom is -0.383 e. The minimum absolute atomic E-state index is 0.201. The molecule has 0 aliphatic carbocycles. The van der Waals surface area contributed by atoms with Crippen LogP contribution in [-0.2, 0) is 21.3 Å². The molecule has 0 saturated carbocycles. The van der Waals surface area contributed by atoms with Crippen LogP contribution in [0.5, 0.6) is 0 Å². The first-order chi connectivity index (χ1) is 9.97. The molecule has 0 radical (unpaired) electrons. The maximum atomic E-state index is 11.5. The van der Waals surface area contributed by atoms with Crippen molar-refractivity contribution in [1.29, 1.82) is 5.26 Å². The molecule has 0 aromatic carbocycles. The molecule has 9 nitrogen and oxygen atoms in total. The van der Waals surface area contributed by atoms with E-state index in [9.17, 15) is 8.42 Å². The number of methoxy groups -OCH3 is 1. The lowest BCUT2D eigenvalue weighted by Crippen LogP contribution is -2.20. The van der Waals surface area contributed by atoms with E-state index >= 15 is 0 Å². The third-order valence-corrected chi connectivity index (χ3v) is 3.42. The second-order valence-corrected chi connectivity index (χ2v) is 5.49. The van der Waals surface area contributed by atoms with Gasteiger partial charge < -0.3 is 4.74 Å². The lowest BCUT2D eigenvalue weighted by molar-refractivity contribution is 0.185. The summed E-state index contributed by atoms with van der Waals surface area (Å²) < 4.78 is 29.3. The van der Waals surface area contributed by atoms with Crippen LogP contribution in [0.25, 0.3) is 11.5 Å². The lowest BCUT2D eigenvalue weighted by Gasteiger charge is -2.08. The molecule has 2 heterocycles. The van der Waals surface area contributed by atoms with Gasteiger partial charge in [-0.3, -0.25) is 9.55 Å². The number of aromatic nitrogens is 4. The number of nitrogens with zero attached hydrogens (tertiary/aromatic N) is 5. The maximum Gasteiger partial charge on any atom is 0.273 e. The molecule has 0 spiro atoms. The summed E-state index contributed by atoms with van der Waals surface area (Å²) in [7, 11) is -2.52. The molecule has 21 heavy (non-hydrogen) atoms. The van der Waals surface area contributed by atoms with E-state index in [4.69, 9.17) is 15.1 Å². The number of hydrogen-bond acceptors (Lipinski definition) is 7. The molecule has 0 bridgehead atoms. The number of primary sulfonamides is 1. The van der Waals surface area contributed by atoms with Crippen LogP contribution >= 0.6 is 0 Å². The third kappa shape index (κ3) is 3.22. The van der Waals surface area contributed by atoms with Crippen molar-refractivity contribution >= 4 is 10.0 Å². The summed E-state index contributed by atoms with van der Waals surface area (Å²) in [5.74, 6) is 0.237. The van der Waals surface area contributed by atoms with Crippen LogP contribution in [-0.4, -0.2) is 41.9 Å². The van der Waals surface area contributed by atoms with Crippen LogP contribution in [0.2, 0.25) is 0 Å². The van der Waals surface area contributed by atoms with E-state index in [-0.39, 0.29) is 24.1 Å². The molecule has 10 heteroatoms. The highest BCUT2D eigenvalue weighted by Crippen LogP contribution is 2.18. The molecule has 0 unspecified atom stereocenters. The van der Waals surface area contributed by atoms with Crippen molar-refractivity contribution in [2.24, 2.45) is 5.14 Å². The zero-order valence-corrected chi connectivity index (χ0v) is 11.9. The molecule has 0 aliphatic rings. The van der Waals surface area contributed by atoms with Crippen LogP contribution in [0.4, 0.5) is 0 Å². The van der Waals surface area contributed by atoms with Crippen molar-refractivity contribution in [2.45, 2.75) is 11.7 Å². The average molecular weight is 308 g/mol. The van der Waals surface area contributed by atoms with Crippen LogP contribution < -0.4 is 5.14 Å². The number of pyridine rings is 1. The Hall–Kier alpha value is -2.35. The normalized spacial score (nSPS) is 11.3. The lowest BCUT2D eigenvalue weighted by atomic mass is 10.2. The number of nitrogens with two attached hydrogens (primary N) is 1. The molecule has 2 aromatic heterocycles. The Bertz CT molecular complexity index is 775. The Morgan fingerprint density at radius 3 is 2.71 bits per heavy atom. The second-order valence-electron chi connectivity index (χ2n) is 4.04. The molecule has 0 fully saturated rings. The Morgan fingerprint density at radius 2 is 2.19 bits per heavy atom. The van der Waals surface area contributed by atoms with E-state index < -0.39 is 10.0 Å². The first-order valence-corrected chi connectivity index (χ1v) is 7.33. The van der Waals surface area contributed by atoms with Crippen LogP contribution in [0.1, 0.15) is 5.56 Å². The SMILES string of the molecule is COCCn1c(-c2ccc(C#N)cn2)nnc1S(N)(=O)=O. The smallest absolute Gasteiger partial charge is 0.273 e. The Morgan fingerprint density at radius 1 is 1.43 bits per heavy atom. The Balaban J connectivity index is 2.52. The minimum atomic E-state index is -4.01. The highest BCUT2D eigenvalue weighted by Gasteiger charge is 2.22. The van der Waals surface area contributed by atoms with E-state index in [1.807, 2.05) is 6.07 Å². The summed E-state index contributed by atoms with van der Waals surface area (Å²) in [5, 5.41) is 20.9. The fourth-order valence-corrected chi connectivity index (χ4v) is 2.30. The number of hydrogen-bond donors (Lipinski definition) is 1. The van der Waals surface area contributed by atoms with E-state index in [0.717, 1.165) is 0 Å². The van der Waals surface area contributed by atoms with Gasteiger partial charge in [0.15, 0.2) is 5.82 Å². The van der Waals surface area contributed by atoms with Gasteiger partial charge in [0, 0.05) is 13.3 Å². The van der Waals surface area contributed by atoms with Crippen molar-refractivity contribution in [3.05, 3.63) is 23.9 Å². The monoisotopic (exact) mass is 308 g/mol. The van der Waals surface area contributed by atoms with Crippen LogP contribution in [0.3, 0.4) is 0 Å². The van der Waals surface area contributed by atoms with Crippen LogP contribution in [0.15, 0.2) is 23.5 Å². The molecule has 0 aliphatic heterocycles. The number of nitriles is 1. The number of sulfonamides is 1. The van der Waals surface area contributed by atoms with Crippen molar-refractivity contribution in [3.63, 3.8) is 0 Å². The fraction of sp³-hybridized carbons (Fsp3) is 0.273. The van der Waals surface area contributed by atoms with Crippen molar-refractivity contribution in [3.8, 4) is 17.6 Å². The van der Waals surface area contributed by atoms with Gasteiger partial charge in [-0.2, -0.15) is 5.26 Å². The average Bonchev–Trinajstić information content (AvgIpc) is 2.89. The highest BCUT2D eigenvalue weighted by molar-refractivity contribution is 7.89. The van der Waals surface area contributed by atoms with Gasteiger partial charge in [0.05, 0.1) is 18.7 Å². The molecule has 0 saturated heterocycles. The van der Waals surface area contributed by atoms with Gasteiger partial charge in [-0.25, -0.2) is 13.6 Å². The highest BCUT2D eigenvalue weighted by atomic mass is 32.2. The molecule has 0 atom stereocenters. The van der Waals surface area contributed by atoms with E-state index in [0.29, 0.717) is 11.3 Å². The fourth-order valence-electron chi connectivity index (χ4n) is 1.67. The summed E-state index contributed by atoms with van der Waals surface area (Å²) in [6.07, 6.45) is 1.36. The first-order valence-electron chi connectivity index (χ1n) is 5.79. The second kappa shape index (κ2) is 5.96. The van der Waals surface area contributed by atoms with Gasteiger partial charge in [-0.1, -0.05) is 0 Å². The molecule has 2 N–H and O–H groups in total. The van der Waals surface area contributed by atoms with E-state index in [1.54, 1.807) is 12.1 Å². The van der Waals surface area contributed by atoms with Crippen molar-refractivity contribution in [2.75, 3.05) is 13.7 Å². The van der Waals surface area contributed by atoms with Crippen LogP contribution in [0, 0.1) is 11.3 Å². The van der Waals surface area contributed by atoms with E-state index in [1.165, 1.54) is 17.9 Å². The van der Waals surface area contributed by atoms with Crippen molar-refractivity contribution in [1.82, 2.24) is 19.7 Å². The summed E-state index contributed by atoms with van der Waals surface area (Å²) in [5.41, 5.74) is 0.765. The third-order valence-electron chi connectivity index (χ3n) is 2.61. The molecular formula is C11H12N6O3S. The van der Waals surface area contributed by atoms with Gasteiger partial charge in [0.2, 0.25) is 0 Å². The largest absolute Gasteiger partial charge is 0.383 e. The quantitative estimate of drug-likeness (QED) is 0.786. The first kappa shape index (κ1) is 15.0. The topological polar surface area (TPSA) is 137 Å². The van der Waals surface area contributed by atoms with Gasteiger partial charge in [0.25, 0.3) is 15.2 Å². The predicted octanol–water partition coefficient (Wildman–Crippen LogP) is -0.494. The predicted molar refractivity (Wildman–Crippen MR) is 71.2 cm³/mol. The zero-order chi connectivity index (χ0) is 15.5. The summed E-state index contributed by atoms with van der Waals surface area (Å²) >= 11 is 0. The molecule has 2 aromatic rings. The molecule has 110 valence electrons. The van der Waals surface area contributed by atoms with Gasteiger partial charge in [0.1, 0.15) is 11.8 Å². The standard InChI is InChI=1S/C11H12N6O3S/c1-20-5-4-17-10(15-16-11(17)21(13,18)19)9-3-2-8(6-12)7-14-9/h2-3,7H,4-5H2,1H3,(H2,13,18,19). The molecule has 2 rings (SSSR count). The summed E-state index contributed by atoms with van der Waals surface area (Å²) in [6.45, 7) is 0.454. The Kier molecular flexibility index (Phi) is 4.27. The number of rotatable bonds is 5. The van der Waals surface area contributed by atoms with E-state index in [2.05, 4.69) is 15.2 Å². The maximum absolute atomic E-state index is 11.5. The van der Waals surface area contributed by atoms with Gasteiger partial charge in [-0.05, 0) is 12.1 Å². The van der Waals surface area contributed by atoms with Crippen molar-refractivity contribution < 1.29 is 13.2 Å². The number of ether oxygens (including phenoxy) is 1.